The van der Waals surface area contributed by atoms with Gasteiger partial charge in [0.25, 0.3) is 0 Å². The highest BCUT2D eigenvalue weighted by Gasteiger charge is 2.24. The number of nitriles is 1. The van der Waals surface area contributed by atoms with Crippen molar-refractivity contribution >= 4 is 23.3 Å². The Morgan fingerprint density at radius 3 is 2.62 bits per heavy atom. The van der Waals surface area contributed by atoms with Gasteiger partial charge in [-0.3, -0.25) is 9.48 Å². The summed E-state index contributed by atoms with van der Waals surface area (Å²) in [4.78, 5) is 30.4. The normalized spacial score (nSPS) is 14.2. The quantitative estimate of drug-likeness (QED) is 0.359. The number of benzene rings is 1. The molecule has 206 valence electrons. The first-order chi connectivity index (χ1) is 19.2. The number of hydrogen-bond donors (Lipinski definition) is 2. The molecule has 0 spiro atoms. The van der Waals surface area contributed by atoms with Gasteiger partial charge in [-0.05, 0) is 44.9 Å². The van der Waals surface area contributed by atoms with Crippen molar-refractivity contribution in [3.8, 4) is 28.5 Å². The smallest absolute Gasteiger partial charge is 0.319 e. The van der Waals surface area contributed by atoms with Crippen LogP contribution in [0.15, 0.2) is 55.1 Å². The van der Waals surface area contributed by atoms with E-state index in [9.17, 15) is 14.0 Å². The molecule has 2 N–H and O–H groups in total. The Bertz CT molecular complexity index is 1570. The second-order valence-electron chi connectivity index (χ2n) is 10.4. The predicted octanol–water partition coefficient (Wildman–Crippen LogP) is 4.21. The monoisotopic (exact) mass is 543 g/mol. The fourth-order valence-corrected chi connectivity index (χ4v) is 4.70. The second kappa shape index (κ2) is 11.1. The summed E-state index contributed by atoms with van der Waals surface area (Å²) in [6.45, 7) is 3.93. The molecular formula is C28H30FN9O2. The van der Waals surface area contributed by atoms with Gasteiger partial charge in [0.15, 0.2) is 5.65 Å². The number of anilines is 1. The number of urea groups is 1. The molecule has 1 aliphatic rings. The summed E-state index contributed by atoms with van der Waals surface area (Å²) >= 11 is 0. The van der Waals surface area contributed by atoms with Gasteiger partial charge in [0.1, 0.15) is 12.1 Å². The minimum atomic E-state index is -1.50. The molecule has 5 rings (SSSR count). The van der Waals surface area contributed by atoms with Crippen LogP contribution in [0.25, 0.3) is 28.0 Å². The standard InChI is InChI=1S/C28H30FN9O2/c1-28(2,29)18-32-27(40)35-22-5-3-4-19(12-22)24-16-31-25-13-20(14-34-38(24)25)21-15-33-37(17-21)23-7-10-36(11-8-23)26(39)6-9-30/h3-5,12-17,23H,6-8,10-11,18H2,1-2H3,(H2,32,35,40). The van der Waals surface area contributed by atoms with Crippen molar-refractivity contribution in [2.24, 2.45) is 0 Å². The molecule has 4 aromatic rings. The highest BCUT2D eigenvalue weighted by Crippen LogP contribution is 2.28. The van der Waals surface area contributed by atoms with E-state index < -0.39 is 11.7 Å². The number of aromatic nitrogens is 5. The van der Waals surface area contributed by atoms with Crippen molar-refractivity contribution in [3.05, 3.63) is 55.1 Å². The van der Waals surface area contributed by atoms with Crippen LogP contribution in [-0.4, -0.2) is 66.5 Å². The number of hydrogen-bond acceptors (Lipinski definition) is 6. The Hall–Kier alpha value is -4.79. The lowest BCUT2D eigenvalue weighted by molar-refractivity contribution is -0.131. The molecule has 3 aromatic heterocycles. The minimum absolute atomic E-state index is 0.0821. The van der Waals surface area contributed by atoms with E-state index in [-0.39, 0.29) is 24.9 Å². The van der Waals surface area contributed by atoms with E-state index in [1.807, 2.05) is 41.2 Å². The molecule has 1 fully saturated rings. The Kier molecular flexibility index (Phi) is 7.46. The number of nitrogens with one attached hydrogen (secondary N) is 2. The molecule has 1 saturated heterocycles. The predicted molar refractivity (Wildman–Crippen MR) is 147 cm³/mol. The lowest BCUT2D eigenvalue weighted by atomic mass is 10.0. The molecule has 0 aliphatic carbocycles. The number of rotatable bonds is 7. The minimum Gasteiger partial charge on any atom is -0.342 e. The number of carbonyl (C=O) groups is 2. The molecular weight excluding hydrogens is 513 g/mol. The van der Waals surface area contributed by atoms with Crippen LogP contribution in [0, 0.1) is 11.3 Å². The Morgan fingerprint density at radius 1 is 1.10 bits per heavy atom. The zero-order valence-corrected chi connectivity index (χ0v) is 22.3. The summed E-state index contributed by atoms with van der Waals surface area (Å²) in [5.74, 6) is -0.119. The third-order valence-corrected chi connectivity index (χ3v) is 6.80. The molecule has 40 heavy (non-hydrogen) atoms. The van der Waals surface area contributed by atoms with Crippen LogP contribution in [0.3, 0.4) is 0 Å². The van der Waals surface area contributed by atoms with Gasteiger partial charge in [-0.2, -0.15) is 15.5 Å². The van der Waals surface area contributed by atoms with Crippen LogP contribution in [0.5, 0.6) is 0 Å². The molecule has 0 saturated carbocycles. The van der Waals surface area contributed by atoms with Crippen LogP contribution in [0.1, 0.15) is 39.2 Å². The van der Waals surface area contributed by atoms with Crippen molar-refractivity contribution in [1.29, 1.82) is 5.26 Å². The molecule has 11 nitrogen and oxygen atoms in total. The maximum absolute atomic E-state index is 13.7. The van der Waals surface area contributed by atoms with E-state index in [2.05, 4.69) is 25.8 Å². The number of alkyl halides is 1. The highest BCUT2D eigenvalue weighted by molar-refractivity contribution is 5.90. The molecule has 1 aromatic carbocycles. The molecule has 4 heterocycles. The first kappa shape index (κ1) is 26.8. The van der Waals surface area contributed by atoms with Gasteiger partial charge >= 0.3 is 6.03 Å². The number of imidazole rings is 1. The molecule has 0 radical (unpaired) electrons. The summed E-state index contributed by atoms with van der Waals surface area (Å²) in [5, 5.41) is 23.2. The third kappa shape index (κ3) is 6.09. The number of carbonyl (C=O) groups excluding carboxylic acids is 2. The van der Waals surface area contributed by atoms with Crippen LogP contribution in [-0.2, 0) is 4.79 Å². The molecule has 0 unspecified atom stereocenters. The fraction of sp³-hybridized carbons (Fsp3) is 0.357. The van der Waals surface area contributed by atoms with E-state index in [0.717, 1.165) is 35.2 Å². The van der Waals surface area contributed by atoms with E-state index in [1.54, 1.807) is 34.1 Å². The number of nitrogens with zero attached hydrogens (tertiary/aromatic N) is 7. The average molecular weight is 544 g/mol. The Morgan fingerprint density at radius 2 is 1.88 bits per heavy atom. The van der Waals surface area contributed by atoms with E-state index in [1.165, 1.54) is 13.8 Å². The molecule has 12 heteroatoms. The summed E-state index contributed by atoms with van der Waals surface area (Å²) < 4.78 is 17.3. The summed E-state index contributed by atoms with van der Waals surface area (Å²) in [6.07, 6.45) is 8.75. The highest BCUT2D eigenvalue weighted by atomic mass is 19.1. The first-order valence-corrected chi connectivity index (χ1v) is 13.1. The topological polar surface area (TPSA) is 133 Å². The Labute approximate surface area is 230 Å². The lowest BCUT2D eigenvalue weighted by Gasteiger charge is -2.31. The molecule has 0 bridgehead atoms. The van der Waals surface area contributed by atoms with Crippen LogP contribution >= 0.6 is 0 Å². The van der Waals surface area contributed by atoms with Crippen LogP contribution in [0.4, 0.5) is 14.9 Å². The van der Waals surface area contributed by atoms with E-state index in [0.29, 0.717) is 24.4 Å². The average Bonchev–Trinajstić information content (AvgIpc) is 3.59. The number of halogens is 1. The van der Waals surface area contributed by atoms with Crippen molar-refractivity contribution in [2.75, 3.05) is 25.0 Å². The molecule has 1 aliphatic heterocycles. The van der Waals surface area contributed by atoms with Crippen molar-refractivity contribution in [2.45, 2.75) is 44.8 Å². The number of amides is 3. The first-order valence-electron chi connectivity index (χ1n) is 13.1. The molecule has 3 amide bonds. The van der Waals surface area contributed by atoms with Gasteiger partial charge in [0.05, 0.1) is 42.9 Å². The number of fused-ring (bicyclic) bond motifs is 1. The van der Waals surface area contributed by atoms with Crippen molar-refractivity contribution in [3.63, 3.8) is 0 Å². The number of piperidine rings is 1. The largest absolute Gasteiger partial charge is 0.342 e. The Balaban J connectivity index is 1.28. The molecule has 0 atom stereocenters. The van der Waals surface area contributed by atoms with Gasteiger partial charge in [-0.15, -0.1) is 0 Å². The summed E-state index contributed by atoms with van der Waals surface area (Å²) in [5.41, 5.74) is 3.07. The third-order valence-electron chi connectivity index (χ3n) is 6.80. The zero-order chi connectivity index (χ0) is 28.3. The van der Waals surface area contributed by atoms with Crippen molar-refractivity contribution in [1.82, 2.24) is 34.6 Å². The van der Waals surface area contributed by atoms with Gasteiger partial charge < -0.3 is 15.5 Å². The summed E-state index contributed by atoms with van der Waals surface area (Å²) in [7, 11) is 0. The van der Waals surface area contributed by atoms with Crippen LogP contribution in [0.2, 0.25) is 0 Å². The summed E-state index contributed by atoms with van der Waals surface area (Å²) in [6, 6.07) is 10.8. The number of likely N-dealkylation sites (tertiary alicyclic amines) is 1. The van der Waals surface area contributed by atoms with Gasteiger partial charge in [-0.25, -0.2) is 18.7 Å². The lowest BCUT2D eigenvalue weighted by Crippen LogP contribution is -2.38. The zero-order valence-electron chi connectivity index (χ0n) is 22.3. The van der Waals surface area contributed by atoms with Gasteiger partial charge in [0.2, 0.25) is 5.91 Å². The fourth-order valence-electron chi connectivity index (χ4n) is 4.70. The van der Waals surface area contributed by atoms with Gasteiger partial charge in [-0.1, -0.05) is 12.1 Å². The maximum Gasteiger partial charge on any atom is 0.319 e. The van der Waals surface area contributed by atoms with Gasteiger partial charge in [0, 0.05) is 41.7 Å². The van der Waals surface area contributed by atoms with E-state index >= 15 is 0 Å². The van der Waals surface area contributed by atoms with Crippen molar-refractivity contribution < 1.29 is 14.0 Å². The maximum atomic E-state index is 13.7. The van der Waals surface area contributed by atoms with E-state index in [4.69, 9.17) is 5.26 Å². The second-order valence-corrected chi connectivity index (χ2v) is 10.4. The van der Waals surface area contributed by atoms with Crippen LogP contribution < -0.4 is 10.6 Å². The SMILES string of the molecule is CC(C)(F)CNC(=O)Nc1cccc(-c2cnc3cc(-c4cnn(C5CCN(C(=O)CC#N)CC5)c4)cnn23)c1.